The van der Waals surface area contributed by atoms with Crippen molar-refractivity contribution in [3.63, 3.8) is 0 Å². The zero-order valence-corrected chi connectivity index (χ0v) is 68.7. The quantitative estimate of drug-likeness (QED) is 0.0222. The van der Waals surface area contributed by atoms with Crippen LogP contribution < -0.4 is 0 Å². The second-order valence-electron chi connectivity index (χ2n) is 30.6. The van der Waals surface area contributed by atoms with Gasteiger partial charge in [0.25, 0.3) is 0 Å². The minimum Gasteiger partial charge on any atom is -0.462 e. The van der Waals surface area contributed by atoms with Gasteiger partial charge in [0.2, 0.25) is 0 Å². The molecule has 606 valence electrons. The van der Waals surface area contributed by atoms with E-state index in [1.54, 1.807) is 0 Å². The first-order valence-electron chi connectivity index (χ1n) is 43.0. The van der Waals surface area contributed by atoms with Crippen molar-refractivity contribution in [1.82, 2.24) is 0 Å². The van der Waals surface area contributed by atoms with E-state index in [1.807, 2.05) is 0 Å². The number of esters is 4. The van der Waals surface area contributed by atoms with E-state index in [-0.39, 0.29) is 25.7 Å². The van der Waals surface area contributed by atoms with E-state index in [9.17, 15) is 43.2 Å². The molecule has 0 aromatic rings. The van der Waals surface area contributed by atoms with Gasteiger partial charge in [-0.3, -0.25) is 37.3 Å². The van der Waals surface area contributed by atoms with Gasteiger partial charge in [0.05, 0.1) is 26.4 Å². The van der Waals surface area contributed by atoms with Crippen LogP contribution in [0.2, 0.25) is 0 Å². The average Bonchev–Trinajstić information content (AvgIpc) is 1.06. The summed E-state index contributed by atoms with van der Waals surface area (Å²) in [6.45, 7) is 9.65. The summed E-state index contributed by atoms with van der Waals surface area (Å²) < 4.78 is 68.6. The molecule has 3 unspecified atom stereocenters. The third kappa shape index (κ3) is 74.9. The maximum Gasteiger partial charge on any atom is 0.472 e. The molecule has 0 fully saturated rings. The molecule has 0 saturated heterocycles. The molecule has 0 heterocycles. The van der Waals surface area contributed by atoms with Crippen LogP contribution in [0.3, 0.4) is 0 Å². The largest absolute Gasteiger partial charge is 0.472 e. The average molecular weight is 1490 g/mol. The maximum atomic E-state index is 13.1. The van der Waals surface area contributed by atoms with E-state index in [4.69, 9.17) is 37.0 Å². The summed E-state index contributed by atoms with van der Waals surface area (Å²) in [6, 6.07) is 0. The Morgan fingerprint density at radius 3 is 0.745 bits per heavy atom. The Bertz CT molecular complexity index is 1960. The van der Waals surface area contributed by atoms with E-state index in [0.29, 0.717) is 25.7 Å². The van der Waals surface area contributed by atoms with Crippen LogP contribution in [-0.2, 0) is 65.4 Å². The van der Waals surface area contributed by atoms with Gasteiger partial charge in [0, 0.05) is 25.7 Å². The van der Waals surface area contributed by atoms with Crippen LogP contribution in [0, 0.1) is 11.8 Å². The Morgan fingerprint density at radius 2 is 0.500 bits per heavy atom. The first kappa shape index (κ1) is 100. The van der Waals surface area contributed by atoms with Crippen molar-refractivity contribution in [3.05, 3.63) is 0 Å². The number of ether oxygens (including phenoxy) is 4. The number of aliphatic hydroxyl groups excluding tert-OH is 1. The van der Waals surface area contributed by atoms with Gasteiger partial charge < -0.3 is 33.8 Å². The minimum absolute atomic E-state index is 0.106. The molecular weight excluding hydrogens is 1330 g/mol. The molecule has 0 amide bonds. The lowest BCUT2D eigenvalue weighted by Gasteiger charge is -2.21. The van der Waals surface area contributed by atoms with Crippen molar-refractivity contribution < 1.29 is 80.2 Å². The van der Waals surface area contributed by atoms with Crippen LogP contribution in [0.1, 0.15) is 440 Å². The molecule has 0 rings (SSSR count). The predicted molar refractivity (Wildman–Crippen MR) is 418 cm³/mol. The third-order valence-corrected chi connectivity index (χ3v) is 21.7. The van der Waals surface area contributed by atoms with Crippen molar-refractivity contribution in [2.45, 2.75) is 458 Å². The smallest absolute Gasteiger partial charge is 0.462 e. The summed E-state index contributed by atoms with van der Waals surface area (Å²) >= 11 is 0. The number of phosphoric acid groups is 2. The van der Waals surface area contributed by atoms with Crippen molar-refractivity contribution in [2.24, 2.45) is 11.8 Å². The molecule has 0 bridgehead atoms. The number of hydrogen-bond acceptors (Lipinski definition) is 15. The second-order valence-corrected chi connectivity index (χ2v) is 33.5. The molecule has 0 aliphatic heterocycles. The number of carbonyl (C=O) groups is 4. The number of carbonyl (C=O) groups excluding carboxylic acids is 4. The number of aliphatic hydroxyl groups is 1. The van der Waals surface area contributed by atoms with Gasteiger partial charge >= 0.3 is 39.5 Å². The van der Waals surface area contributed by atoms with Crippen LogP contribution in [-0.4, -0.2) is 96.7 Å². The molecule has 17 nitrogen and oxygen atoms in total. The highest BCUT2D eigenvalue weighted by Crippen LogP contribution is 2.45. The molecule has 0 aromatic carbocycles. The lowest BCUT2D eigenvalue weighted by Crippen LogP contribution is -2.30. The Balaban J connectivity index is 5.16. The molecule has 102 heavy (non-hydrogen) atoms. The van der Waals surface area contributed by atoms with E-state index in [2.05, 4.69) is 41.5 Å². The topological polar surface area (TPSA) is 237 Å². The van der Waals surface area contributed by atoms with Gasteiger partial charge in [-0.1, -0.05) is 388 Å². The molecule has 6 atom stereocenters. The molecule has 0 aliphatic rings. The summed E-state index contributed by atoms with van der Waals surface area (Å²) in [7, 11) is -9.92. The lowest BCUT2D eigenvalue weighted by molar-refractivity contribution is -0.161. The minimum atomic E-state index is -4.96. The van der Waals surface area contributed by atoms with Crippen LogP contribution in [0.4, 0.5) is 0 Å². The summed E-state index contributed by atoms with van der Waals surface area (Å²) in [5, 5.41) is 10.6. The highest BCUT2D eigenvalue weighted by atomic mass is 31.2. The first-order chi connectivity index (χ1) is 49.4. The normalized spacial score (nSPS) is 14.1. The fraction of sp³-hybridized carbons (Fsp3) is 0.952. The highest BCUT2D eigenvalue weighted by molar-refractivity contribution is 7.47. The summed E-state index contributed by atoms with van der Waals surface area (Å²) in [6.07, 6.45) is 65.5. The molecule has 0 saturated carbocycles. The van der Waals surface area contributed by atoms with Crippen molar-refractivity contribution in [2.75, 3.05) is 39.6 Å². The fourth-order valence-electron chi connectivity index (χ4n) is 12.9. The third-order valence-electron chi connectivity index (χ3n) is 19.8. The molecule has 3 N–H and O–H groups in total. The van der Waals surface area contributed by atoms with E-state index < -0.39 is 97.5 Å². The van der Waals surface area contributed by atoms with Crippen molar-refractivity contribution in [3.8, 4) is 0 Å². The Morgan fingerprint density at radius 1 is 0.284 bits per heavy atom. The summed E-state index contributed by atoms with van der Waals surface area (Å²) in [5.74, 6) is -0.489. The van der Waals surface area contributed by atoms with E-state index >= 15 is 0 Å². The van der Waals surface area contributed by atoms with Gasteiger partial charge in [-0.05, 0) is 37.5 Å². The number of rotatable bonds is 82. The zero-order chi connectivity index (χ0) is 74.9. The SMILES string of the molecule is CCCCCCCCCCCCCCCCCCCCCCC(=O)OC[C@H](COP(=O)(O)OC[C@@H](O)COP(=O)(O)OC[C@@H](COC(=O)CCCCCCCCC)OC(=O)CCCCCCCCCCCCC(C)C)OC(=O)CCCCCCCCCCCCCCCCCCCCC(C)CC. The fourth-order valence-corrected chi connectivity index (χ4v) is 14.4. The molecule has 0 aromatic heterocycles. The van der Waals surface area contributed by atoms with Crippen LogP contribution in [0.25, 0.3) is 0 Å². The van der Waals surface area contributed by atoms with E-state index in [0.717, 1.165) is 115 Å². The van der Waals surface area contributed by atoms with Gasteiger partial charge in [-0.15, -0.1) is 0 Å². The lowest BCUT2D eigenvalue weighted by atomic mass is 9.99. The standard InChI is InChI=1S/C83H162O17P2/c1-7-10-12-14-16-17-18-19-20-21-22-23-27-30-33-36-42-48-54-60-66-81(86)94-72-79(100-82(87)67-61-55-49-43-37-34-31-28-25-24-26-29-32-35-41-47-52-58-64-76(6)9-3)74-98-102(91,92)96-70-77(84)69-95-101(89,90)97-73-78(71-93-80(85)65-59-53-45-15-13-11-8-2)99-83(88)68-62-56-50-44-39-38-40-46-51-57-63-75(4)5/h75-79,84H,7-74H2,1-6H3,(H,89,90)(H,91,92)/t76?,77-,78+,79+/m0/s1. The van der Waals surface area contributed by atoms with Crippen LogP contribution in [0.5, 0.6) is 0 Å². The monoisotopic (exact) mass is 1490 g/mol. The summed E-state index contributed by atoms with van der Waals surface area (Å²) in [5.41, 5.74) is 0. The van der Waals surface area contributed by atoms with E-state index in [1.165, 1.54) is 244 Å². The molecular formula is C83H162O17P2. The van der Waals surface area contributed by atoms with Crippen LogP contribution in [0.15, 0.2) is 0 Å². The van der Waals surface area contributed by atoms with Crippen molar-refractivity contribution >= 4 is 39.5 Å². The van der Waals surface area contributed by atoms with Gasteiger partial charge in [0.1, 0.15) is 19.3 Å². The number of hydrogen-bond donors (Lipinski definition) is 3. The number of unbranched alkanes of at least 4 members (excludes halogenated alkanes) is 51. The molecule has 19 heteroatoms. The van der Waals surface area contributed by atoms with Crippen LogP contribution >= 0.6 is 15.6 Å². The molecule has 0 aliphatic carbocycles. The predicted octanol–water partition coefficient (Wildman–Crippen LogP) is 25.1. The number of phosphoric ester groups is 2. The highest BCUT2D eigenvalue weighted by Gasteiger charge is 2.30. The first-order valence-corrected chi connectivity index (χ1v) is 46.0. The molecule has 0 spiro atoms. The van der Waals surface area contributed by atoms with Gasteiger partial charge in [-0.25, -0.2) is 9.13 Å². The van der Waals surface area contributed by atoms with Crippen molar-refractivity contribution in [1.29, 1.82) is 0 Å². The Labute approximate surface area is 626 Å². The molecule has 0 radical (unpaired) electrons. The summed E-state index contributed by atoms with van der Waals surface area (Å²) in [4.78, 5) is 72.9. The Kier molecular flexibility index (Phi) is 73.1. The van der Waals surface area contributed by atoms with Gasteiger partial charge in [-0.2, -0.15) is 0 Å². The zero-order valence-electron chi connectivity index (χ0n) is 66.9. The second kappa shape index (κ2) is 74.5. The Hall–Kier alpha value is -1.94. The maximum absolute atomic E-state index is 13.1. The van der Waals surface area contributed by atoms with Gasteiger partial charge in [0.15, 0.2) is 12.2 Å².